The number of halogens is 1. The van der Waals surface area contributed by atoms with Crippen molar-refractivity contribution in [3.05, 3.63) is 53.1 Å². The molecule has 160 valence electrons. The second-order valence-electron chi connectivity index (χ2n) is 7.11. The van der Waals surface area contributed by atoms with Crippen LogP contribution in [0.1, 0.15) is 12.5 Å². The topological polar surface area (TPSA) is 71.1 Å². The van der Waals surface area contributed by atoms with Gasteiger partial charge in [0.2, 0.25) is 11.8 Å². The van der Waals surface area contributed by atoms with Gasteiger partial charge in [0.15, 0.2) is 0 Å². The quantitative estimate of drug-likeness (QED) is 0.695. The highest BCUT2D eigenvalue weighted by Gasteiger charge is 2.23. The fourth-order valence-corrected chi connectivity index (χ4v) is 3.41. The Labute approximate surface area is 181 Å². The fourth-order valence-electron chi connectivity index (χ4n) is 3.28. The van der Waals surface area contributed by atoms with Crippen molar-refractivity contribution in [1.82, 2.24) is 9.80 Å². The predicted molar refractivity (Wildman–Crippen MR) is 116 cm³/mol. The molecule has 2 aromatic carbocycles. The van der Waals surface area contributed by atoms with E-state index in [1.54, 1.807) is 30.2 Å². The summed E-state index contributed by atoms with van der Waals surface area (Å²) in [5.74, 6) is 1.04. The molecule has 0 atom stereocenters. The molecule has 1 fully saturated rings. The van der Waals surface area contributed by atoms with E-state index in [0.717, 1.165) is 18.7 Å². The van der Waals surface area contributed by atoms with Crippen molar-refractivity contribution in [1.29, 1.82) is 0 Å². The van der Waals surface area contributed by atoms with Crippen LogP contribution in [0.5, 0.6) is 11.5 Å². The molecular formula is C22H26ClN3O4. The number of carbonyl (C=O) groups excluding carboxylic acids is 2. The Kier molecular flexibility index (Phi) is 7.54. The van der Waals surface area contributed by atoms with Crippen molar-refractivity contribution in [2.75, 3.05) is 45.2 Å². The van der Waals surface area contributed by atoms with Crippen LogP contribution in [0.4, 0.5) is 5.69 Å². The highest BCUT2D eigenvalue weighted by molar-refractivity contribution is 6.30. The number of carbonyl (C=O) groups is 2. The maximum atomic E-state index is 12.5. The summed E-state index contributed by atoms with van der Waals surface area (Å²) in [5, 5.41) is 3.45. The SMILES string of the molecule is COc1ccc(NC(C)=O)c(OCCN2CCN(Cc3ccc(Cl)cc3)CC2=O)c1. The van der Waals surface area contributed by atoms with Crippen molar-refractivity contribution in [2.24, 2.45) is 0 Å². The number of benzene rings is 2. The lowest BCUT2D eigenvalue weighted by atomic mass is 10.2. The molecule has 2 amide bonds. The molecule has 1 aliphatic heterocycles. The summed E-state index contributed by atoms with van der Waals surface area (Å²) in [6.07, 6.45) is 0. The van der Waals surface area contributed by atoms with Gasteiger partial charge in [0.05, 0.1) is 25.9 Å². The third-order valence-corrected chi connectivity index (χ3v) is 5.09. The van der Waals surface area contributed by atoms with Crippen molar-refractivity contribution in [3.8, 4) is 11.5 Å². The molecule has 0 bridgehead atoms. The van der Waals surface area contributed by atoms with Crippen LogP contribution in [0.3, 0.4) is 0 Å². The van der Waals surface area contributed by atoms with Crippen LogP contribution < -0.4 is 14.8 Å². The van der Waals surface area contributed by atoms with Crippen molar-refractivity contribution in [3.63, 3.8) is 0 Å². The normalized spacial score (nSPS) is 14.5. The Bertz CT molecular complexity index is 888. The van der Waals surface area contributed by atoms with Crippen molar-refractivity contribution >= 4 is 29.1 Å². The lowest BCUT2D eigenvalue weighted by Gasteiger charge is -2.34. The number of methoxy groups -OCH3 is 1. The smallest absolute Gasteiger partial charge is 0.236 e. The summed E-state index contributed by atoms with van der Waals surface area (Å²) in [6.45, 7) is 4.77. The zero-order valence-corrected chi connectivity index (χ0v) is 17.9. The first-order valence-corrected chi connectivity index (χ1v) is 10.2. The number of nitrogens with zero attached hydrogens (tertiary/aromatic N) is 2. The second-order valence-corrected chi connectivity index (χ2v) is 7.55. The summed E-state index contributed by atoms with van der Waals surface area (Å²) >= 11 is 5.93. The van der Waals surface area contributed by atoms with Gasteiger partial charge in [0, 0.05) is 37.6 Å². The van der Waals surface area contributed by atoms with E-state index < -0.39 is 0 Å². The molecule has 7 nitrogen and oxygen atoms in total. The van der Waals surface area contributed by atoms with Gasteiger partial charge in [-0.1, -0.05) is 23.7 Å². The molecule has 1 heterocycles. The Balaban J connectivity index is 1.50. The Morgan fingerprint density at radius 1 is 1.17 bits per heavy atom. The largest absolute Gasteiger partial charge is 0.497 e. The Morgan fingerprint density at radius 3 is 2.60 bits per heavy atom. The lowest BCUT2D eigenvalue weighted by Crippen LogP contribution is -2.50. The summed E-state index contributed by atoms with van der Waals surface area (Å²) in [6, 6.07) is 12.9. The molecule has 1 N–H and O–H groups in total. The van der Waals surface area contributed by atoms with E-state index in [9.17, 15) is 9.59 Å². The molecule has 0 unspecified atom stereocenters. The van der Waals surface area contributed by atoms with Crippen LogP contribution >= 0.6 is 11.6 Å². The molecule has 0 aliphatic carbocycles. The summed E-state index contributed by atoms with van der Waals surface area (Å²) < 4.78 is 11.1. The molecule has 3 rings (SSSR count). The van der Waals surface area contributed by atoms with Crippen LogP contribution in [0.25, 0.3) is 0 Å². The van der Waals surface area contributed by atoms with Gasteiger partial charge in [-0.05, 0) is 29.8 Å². The van der Waals surface area contributed by atoms with Gasteiger partial charge in [0.25, 0.3) is 0 Å². The first-order chi connectivity index (χ1) is 14.4. The average Bonchev–Trinajstić information content (AvgIpc) is 2.72. The third-order valence-electron chi connectivity index (χ3n) is 4.84. The van der Waals surface area contributed by atoms with Gasteiger partial charge in [-0.3, -0.25) is 14.5 Å². The number of hydrogen-bond acceptors (Lipinski definition) is 5. The summed E-state index contributed by atoms with van der Waals surface area (Å²) in [5.41, 5.74) is 1.70. The maximum absolute atomic E-state index is 12.5. The molecule has 1 saturated heterocycles. The average molecular weight is 432 g/mol. The number of amides is 2. The molecule has 0 aromatic heterocycles. The molecule has 2 aromatic rings. The molecule has 0 saturated carbocycles. The number of nitrogens with one attached hydrogen (secondary N) is 1. The fraction of sp³-hybridized carbons (Fsp3) is 0.364. The van der Waals surface area contributed by atoms with Crippen LogP contribution in [-0.2, 0) is 16.1 Å². The van der Waals surface area contributed by atoms with Gasteiger partial charge in [-0.15, -0.1) is 0 Å². The number of hydrogen-bond donors (Lipinski definition) is 1. The van der Waals surface area contributed by atoms with E-state index in [4.69, 9.17) is 21.1 Å². The van der Waals surface area contributed by atoms with E-state index in [1.165, 1.54) is 6.92 Å². The second kappa shape index (κ2) is 10.3. The first kappa shape index (κ1) is 21.9. The molecule has 8 heteroatoms. The van der Waals surface area contributed by atoms with Gasteiger partial charge < -0.3 is 19.7 Å². The monoisotopic (exact) mass is 431 g/mol. The zero-order chi connectivity index (χ0) is 21.5. The van der Waals surface area contributed by atoms with Gasteiger partial charge in [-0.2, -0.15) is 0 Å². The highest BCUT2D eigenvalue weighted by atomic mass is 35.5. The molecular weight excluding hydrogens is 406 g/mol. The van der Waals surface area contributed by atoms with Crippen LogP contribution in [-0.4, -0.2) is 61.5 Å². The number of piperazine rings is 1. The molecule has 1 aliphatic rings. The highest BCUT2D eigenvalue weighted by Crippen LogP contribution is 2.29. The first-order valence-electron chi connectivity index (χ1n) is 9.77. The van der Waals surface area contributed by atoms with Gasteiger partial charge >= 0.3 is 0 Å². The molecule has 0 spiro atoms. The minimum Gasteiger partial charge on any atom is -0.497 e. The maximum Gasteiger partial charge on any atom is 0.236 e. The van der Waals surface area contributed by atoms with Gasteiger partial charge in [0.1, 0.15) is 18.1 Å². The lowest BCUT2D eigenvalue weighted by molar-refractivity contribution is -0.136. The molecule has 0 radical (unpaired) electrons. The Hall–Kier alpha value is -2.77. The summed E-state index contributed by atoms with van der Waals surface area (Å²) in [4.78, 5) is 27.9. The number of anilines is 1. The van der Waals surface area contributed by atoms with Gasteiger partial charge in [-0.25, -0.2) is 0 Å². The minimum absolute atomic E-state index is 0.0755. The van der Waals surface area contributed by atoms with E-state index in [0.29, 0.717) is 48.5 Å². The van der Waals surface area contributed by atoms with Crippen molar-refractivity contribution in [2.45, 2.75) is 13.5 Å². The van der Waals surface area contributed by atoms with Crippen LogP contribution in [0.15, 0.2) is 42.5 Å². The standard InChI is InChI=1S/C22H26ClN3O4/c1-16(27)24-20-8-7-19(29-2)13-21(20)30-12-11-26-10-9-25(15-22(26)28)14-17-3-5-18(23)6-4-17/h3-8,13H,9-12,14-15H2,1-2H3,(H,24,27). The number of ether oxygens (including phenoxy) is 2. The number of rotatable bonds is 8. The Morgan fingerprint density at radius 2 is 1.93 bits per heavy atom. The predicted octanol–water partition coefficient (Wildman–Crippen LogP) is 3.03. The van der Waals surface area contributed by atoms with Crippen LogP contribution in [0, 0.1) is 0 Å². The van der Waals surface area contributed by atoms with E-state index in [1.807, 2.05) is 24.3 Å². The zero-order valence-electron chi connectivity index (χ0n) is 17.2. The minimum atomic E-state index is -0.183. The van der Waals surface area contributed by atoms with Crippen LogP contribution in [0.2, 0.25) is 5.02 Å². The summed E-state index contributed by atoms with van der Waals surface area (Å²) in [7, 11) is 1.57. The van der Waals surface area contributed by atoms with E-state index >= 15 is 0 Å². The van der Waals surface area contributed by atoms with Crippen molar-refractivity contribution < 1.29 is 19.1 Å². The molecule has 30 heavy (non-hydrogen) atoms. The van der Waals surface area contributed by atoms with E-state index in [-0.39, 0.29) is 11.8 Å². The van der Waals surface area contributed by atoms with E-state index in [2.05, 4.69) is 10.2 Å². The third kappa shape index (κ3) is 6.11.